The first-order chi connectivity index (χ1) is 16.5. The number of amides is 3. The Balaban J connectivity index is 1.31. The minimum atomic E-state index is -0.119. The van der Waals surface area contributed by atoms with Gasteiger partial charge in [0, 0.05) is 31.4 Å². The Hall–Kier alpha value is -3.23. The van der Waals surface area contributed by atoms with Crippen LogP contribution in [-0.2, 0) is 27.5 Å². The average molecular weight is 464 g/mol. The summed E-state index contributed by atoms with van der Waals surface area (Å²) >= 11 is 0. The molecule has 8 nitrogen and oxygen atoms in total. The summed E-state index contributed by atoms with van der Waals surface area (Å²) in [6, 6.07) is 15.0. The van der Waals surface area contributed by atoms with Crippen LogP contribution in [0.15, 0.2) is 48.5 Å². The lowest BCUT2D eigenvalue weighted by Gasteiger charge is -2.22. The number of anilines is 2. The van der Waals surface area contributed by atoms with E-state index < -0.39 is 0 Å². The zero-order chi connectivity index (χ0) is 23.9. The van der Waals surface area contributed by atoms with Crippen molar-refractivity contribution in [2.45, 2.75) is 57.8 Å². The summed E-state index contributed by atoms with van der Waals surface area (Å²) < 4.78 is 0. The van der Waals surface area contributed by atoms with Crippen molar-refractivity contribution in [2.24, 2.45) is 0 Å². The van der Waals surface area contributed by atoms with Gasteiger partial charge in [-0.15, -0.1) is 0 Å². The van der Waals surface area contributed by atoms with E-state index in [-0.39, 0.29) is 29.8 Å². The standard InChI is InChI=1S/C26H33N5O3/c1-18(32)31(16-19-6-10-21(11-7-19)29-25(33)23-4-2-14-27-23)17-20-8-12-22(13-9-20)30-26(34)24-5-3-15-28-24/h6-13,23-24,27-28H,2-5,14-17H2,1H3,(H,29,33)(H,30,34)/t23-,24-/m0/s1. The van der Waals surface area contributed by atoms with Gasteiger partial charge in [0.2, 0.25) is 17.7 Å². The molecule has 8 heteroatoms. The van der Waals surface area contributed by atoms with Crippen LogP contribution >= 0.6 is 0 Å². The lowest BCUT2D eigenvalue weighted by atomic mass is 10.1. The van der Waals surface area contributed by atoms with Crippen LogP contribution in [0.5, 0.6) is 0 Å². The molecule has 0 radical (unpaired) electrons. The molecule has 4 N–H and O–H groups in total. The average Bonchev–Trinajstić information content (AvgIpc) is 3.56. The van der Waals surface area contributed by atoms with Gasteiger partial charge in [0.15, 0.2) is 0 Å². The van der Waals surface area contributed by atoms with E-state index >= 15 is 0 Å². The van der Waals surface area contributed by atoms with E-state index in [1.54, 1.807) is 11.8 Å². The lowest BCUT2D eigenvalue weighted by molar-refractivity contribution is -0.130. The Bertz CT molecular complexity index is 919. The minimum Gasteiger partial charge on any atom is -0.334 e. The van der Waals surface area contributed by atoms with E-state index in [1.165, 1.54) is 0 Å². The Morgan fingerprint density at radius 2 is 1.18 bits per heavy atom. The highest BCUT2D eigenvalue weighted by atomic mass is 16.2. The molecule has 2 fully saturated rings. The zero-order valence-electron chi connectivity index (χ0n) is 19.6. The summed E-state index contributed by atoms with van der Waals surface area (Å²) in [6.07, 6.45) is 3.77. The van der Waals surface area contributed by atoms with Crippen LogP contribution < -0.4 is 21.3 Å². The molecule has 2 aromatic carbocycles. The maximum absolute atomic E-state index is 12.3. The molecule has 0 unspecified atom stereocenters. The number of rotatable bonds is 8. The predicted molar refractivity (Wildman–Crippen MR) is 132 cm³/mol. The topological polar surface area (TPSA) is 103 Å². The number of carbonyl (C=O) groups excluding carboxylic acids is 3. The second-order valence-electron chi connectivity index (χ2n) is 9.05. The summed E-state index contributed by atoms with van der Waals surface area (Å²) in [4.78, 5) is 38.6. The van der Waals surface area contributed by atoms with Crippen molar-refractivity contribution < 1.29 is 14.4 Å². The van der Waals surface area contributed by atoms with Crippen molar-refractivity contribution in [1.82, 2.24) is 15.5 Å². The predicted octanol–water partition coefficient (Wildman–Crippen LogP) is 2.62. The third-order valence-electron chi connectivity index (χ3n) is 6.39. The molecule has 0 saturated carbocycles. The van der Waals surface area contributed by atoms with E-state index in [0.29, 0.717) is 13.1 Å². The molecule has 34 heavy (non-hydrogen) atoms. The van der Waals surface area contributed by atoms with Crippen molar-refractivity contribution >= 4 is 29.1 Å². The maximum Gasteiger partial charge on any atom is 0.241 e. The Kier molecular flexibility index (Phi) is 7.92. The fraction of sp³-hybridized carbons (Fsp3) is 0.423. The van der Waals surface area contributed by atoms with E-state index in [1.807, 2.05) is 48.5 Å². The quantitative estimate of drug-likeness (QED) is 0.482. The molecular weight excluding hydrogens is 430 g/mol. The Morgan fingerprint density at radius 3 is 1.50 bits per heavy atom. The lowest BCUT2D eigenvalue weighted by Crippen LogP contribution is -2.35. The van der Waals surface area contributed by atoms with E-state index in [4.69, 9.17) is 0 Å². The van der Waals surface area contributed by atoms with Gasteiger partial charge in [-0.05, 0) is 74.2 Å². The van der Waals surface area contributed by atoms with Crippen molar-refractivity contribution in [3.8, 4) is 0 Å². The van der Waals surface area contributed by atoms with Crippen molar-refractivity contribution in [1.29, 1.82) is 0 Å². The van der Waals surface area contributed by atoms with Gasteiger partial charge in [0.05, 0.1) is 12.1 Å². The molecule has 2 aliphatic heterocycles. The zero-order valence-corrected chi connectivity index (χ0v) is 19.6. The molecule has 3 amide bonds. The molecule has 0 spiro atoms. The van der Waals surface area contributed by atoms with Gasteiger partial charge in [0.25, 0.3) is 0 Å². The minimum absolute atomic E-state index is 0.00486. The summed E-state index contributed by atoms with van der Waals surface area (Å²) in [5.74, 6) is -0.0288. The summed E-state index contributed by atoms with van der Waals surface area (Å²) in [6.45, 7) is 4.27. The van der Waals surface area contributed by atoms with Crippen LogP contribution in [0.3, 0.4) is 0 Å². The number of hydrogen-bond donors (Lipinski definition) is 4. The molecule has 0 bridgehead atoms. The van der Waals surface area contributed by atoms with Crippen molar-refractivity contribution in [3.63, 3.8) is 0 Å². The van der Waals surface area contributed by atoms with Gasteiger partial charge < -0.3 is 26.2 Å². The van der Waals surface area contributed by atoms with Crippen molar-refractivity contribution in [3.05, 3.63) is 59.7 Å². The molecule has 2 aliphatic rings. The summed E-state index contributed by atoms with van der Waals surface area (Å²) in [7, 11) is 0. The number of hydrogen-bond acceptors (Lipinski definition) is 5. The molecule has 0 aliphatic carbocycles. The molecule has 2 heterocycles. The first kappa shape index (κ1) is 23.9. The fourth-order valence-electron chi connectivity index (χ4n) is 4.38. The van der Waals surface area contributed by atoms with Gasteiger partial charge >= 0.3 is 0 Å². The second-order valence-corrected chi connectivity index (χ2v) is 9.05. The van der Waals surface area contributed by atoms with Gasteiger partial charge in [-0.3, -0.25) is 14.4 Å². The number of nitrogens with zero attached hydrogens (tertiary/aromatic N) is 1. The van der Waals surface area contributed by atoms with Crippen LogP contribution in [0.25, 0.3) is 0 Å². The molecule has 2 aromatic rings. The SMILES string of the molecule is CC(=O)N(Cc1ccc(NC(=O)[C@@H]2CCCN2)cc1)Cc1ccc(NC(=O)[C@@H]2CCCN2)cc1. The van der Waals surface area contributed by atoms with Gasteiger partial charge in [-0.2, -0.15) is 0 Å². The number of carbonyl (C=O) groups is 3. The third-order valence-corrected chi connectivity index (χ3v) is 6.39. The smallest absolute Gasteiger partial charge is 0.241 e. The molecule has 0 aromatic heterocycles. The highest BCUT2D eigenvalue weighted by molar-refractivity contribution is 5.95. The van der Waals surface area contributed by atoms with E-state index in [2.05, 4.69) is 21.3 Å². The van der Waals surface area contributed by atoms with Crippen LogP contribution in [-0.4, -0.2) is 47.8 Å². The highest BCUT2D eigenvalue weighted by Gasteiger charge is 2.23. The largest absolute Gasteiger partial charge is 0.334 e. The molecule has 180 valence electrons. The molecule has 2 atom stereocenters. The Labute approximate surface area is 200 Å². The third kappa shape index (κ3) is 6.42. The van der Waals surface area contributed by atoms with Gasteiger partial charge in [-0.25, -0.2) is 0 Å². The van der Waals surface area contributed by atoms with Crippen molar-refractivity contribution in [2.75, 3.05) is 23.7 Å². The Morgan fingerprint density at radius 1 is 0.765 bits per heavy atom. The number of nitrogens with one attached hydrogen (secondary N) is 4. The summed E-state index contributed by atoms with van der Waals surface area (Å²) in [5.41, 5.74) is 3.48. The molecule has 4 rings (SSSR count). The van der Waals surface area contributed by atoms with Gasteiger partial charge in [0.1, 0.15) is 0 Å². The van der Waals surface area contributed by atoms with E-state index in [9.17, 15) is 14.4 Å². The maximum atomic E-state index is 12.3. The van der Waals surface area contributed by atoms with Crippen LogP contribution in [0.1, 0.15) is 43.7 Å². The first-order valence-corrected chi connectivity index (χ1v) is 12.0. The highest BCUT2D eigenvalue weighted by Crippen LogP contribution is 2.17. The van der Waals surface area contributed by atoms with Crippen LogP contribution in [0.4, 0.5) is 11.4 Å². The normalized spacial score (nSPS) is 19.6. The van der Waals surface area contributed by atoms with Crippen LogP contribution in [0, 0.1) is 0 Å². The molecule has 2 saturated heterocycles. The van der Waals surface area contributed by atoms with Gasteiger partial charge in [-0.1, -0.05) is 24.3 Å². The second kappa shape index (κ2) is 11.3. The first-order valence-electron chi connectivity index (χ1n) is 12.0. The van der Waals surface area contributed by atoms with Crippen LogP contribution in [0.2, 0.25) is 0 Å². The van der Waals surface area contributed by atoms with E-state index in [0.717, 1.165) is 61.3 Å². The monoisotopic (exact) mass is 463 g/mol. The fourth-order valence-corrected chi connectivity index (χ4v) is 4.38. The number of benzene rings is 2. The summed E-state index contributed by atoms with van der Waals surface area (Å²) in [5, 5.41) is 12.3. The molecular formula is C26H33N5O3.